The molecule has 0 spiro atoms. The Balaban J connectivity index is 1.97. The van der Waals surface area contributed by atoms with Gasteiger partial charge in [0.25, 0.3) is 0 Å². The molecular weight excluding hydrogens is 218 g/mol. The molecule has 0 unspecified atom stereocenters. The zero-order valence-corrected chi connectivity index (χ0v) is 8.94. The van der Waals surface area contributed by atoms with Crippen molar-refractivity contribution in [1.29, 1.82) is 0 Å². The zero-order chi connectivity index (χ0) is 10.8. The van der Waals surface area contributed by atoms with E-state index in [2.05, 4.69) is 14.7 Å². The average Bonchev–Trinajstić information content (AvgIpc) is 2.15. The second kappa shape index (κ2) is 4.02. The minimum absolute atomic E-state index is 0.0521. The van der Waals surface area contributed by atoms with Gasteiger partial charge in [-0.15, -0.1) is 0 Å². The summed E-state index contributed by atoms with van der Waals surface area (Å²) in [6, 6.07) is 1.76. The minimum atomic E-state index is -0.175. The summed E-state index contributed by atoms with van der Waals surface area (Å²) in [6.07, 6.45) is 1.59. The van der Waals surface area contributed by atoms with Crippen molar-refractivity contribution in [2.24, 2.45) is 5.92 Å². The van der Waals surface area contributed by atoms with Gasteiger partial charge in [0.1, 0.15) is 5.82 Å². The highest BCUT2D eigenvalue weighted by Gasteiger charge is 2.34. The molecule has 0 bridgehead atoms. The van der Waals surface area contributed by atoms with Crippen LogP contribution in [0.15, 0.2) is 12.3 Å². The lowest BCUT2D eigenvalue weighted by Crippen LogP contribution is -2.51. The third-order valence-corrected chi connectivity index (χ3v) is 2.53. The van der Waals surface area contributed by atoms with E-state index in [-0.39, 0.29) is 17.2 Å². The van der Waals surface area contributed by atoms with E-state index >= 15 is 0 Å². The fourth-order valence-electron chi connectivity index (χ4n) is 1.48. The maximum Gasteiger partial charge on any atom is 0.312 e. The van der Waals surface area contributed by atoms with E-state index in [9.17, 15) is 4.79 Å². The monoisotopic (exact) mass is 227 g/mol. The van der Waals surface area contributed by atoms with Crippen LogP contribution in [0.4, 0.5) is 5.82 Å². The van der Waals surface area contributed by atoms with Gasteiger partial charge in [-0.2, -0.15) is 0 Å². The van der Waals surface area contributed by atoms with Gasteiger partial charge in [-0.25, -0.2) is 9.97 Å². The lowest BCUT2D eigenvalue weighted by atomic mass is 10.0. The van der Waals surface area contributed by atoms with Gasteiger partial charge in [-0.1, -0.05) is 0 Å². The number of nitrogens with zero attached hydrogens (tertiary/aromatic N) is 3. The highest BCUT2D eigenvalue weighted by atomic mass is 35.5. The number of ether oxygens (including phenoxy) is 1. The first-order chi connectivity index (χ1) is 7.20. The third-order valence-electron chi connectivity index (χ3n) is 2.35. The maximum absolute atomic E-state index is 11.1. The second-order valence-electron chi connectivity index (χ2n) is 3.31. The molecule has 5 nitrogen and oxygen atoms in total. The molecule has 0 aromatic carbocycles. The lowest BCUT2D eigenvalue weighted by Gasteiger charge is -2.38. The normalized spacial score (nSPS) is 16.0. The number of carbonyl (C=O) groups excluding carboxylic acids is 1. The quantitative estimate of drug-likeness (QED) is 0.551. The molecule has 1 fully saturated rings. The molecule has 2 heterocycles. The highest BCUT2D eigenvalue weighted by molar-refractivity contribution is 6.28. The van der Waals surface area contributed by atoms with Crippen molar-refractivity contribution in [3.8, 4) is 0 Å². The molecular formula is C9H10ClN3O2. The van der Waals surface area contributed by atoms with Crippen molar-refractivity contribution in [1.82, 2.24) is 9.97 Å². The first-order valence-electron chi connectivity index (χ1n) is 4.52. The van der Waals surface area contributed by atoms with E-state index in [0.717, 1.165) is 5.82 Å². The van der Waals surface area contributed by atoms with E-state index in [1.165, 1.54) is 7.11 Å². The van der Waals surface area contributed by atoms with Crippen LogP contribution < -0.4 is 4.90 Å². The second-order valence-corrected chi connectivity index (χ2v) is 3.65. The predicted octanol–water partition coefficient (Wildman–Crippen LogP) is 0.739. The summed E-state index contributed by atoms with van der Waals surface area (Å²) in [5.41, 5.74) is 0. The molecule has 0 aliphatic carbocycles. The van der Waals surface area contributed by atoms with Crippen LogP contribution in [-0.2, 0) is 9.53 Å². The molecule has 1 aromatic rings. The van der Waals surface area contributed by atoms with Crippen LogP contribution in [0.1, 0.15) is 0 Å². The summed E-state index contributed by atoms with van der Waals surface area (Å²) >= 11 is 5.66. The molecule has 1 aliphatic rings. The first kappa shape index (κ1) is 10.2. The summed E-state index contributed by atoms with van der Waals surface area (Å²) in [5.74, 6) is 0.519. The summed E-state index contributed by atoms with van der Waals surface area (Å²) in [7, 11) is 1.40. The van der Waals surface area contributed by atoms with Crippen molar-refractivity contribution in [2.45, 2.75) is 0 Å². The van der Waals surface area contributed by atoms with E-state index in [4.69, 9.17) is 11.6 Å². The van der Waals surface area contributed by atoms with E-state index in [1.54, 1.807) is 12.3 Å². The molecule has 0 N–H and O–H groups in total. The van der Waals surface area contributed by atoms with Crippen LogP contribution >= 0.6 is 11.6 Å². The van der Waals surface area contributed by atoms with Gasteiger partial charge < -0.3 is 9.64 Å². The van der Waals surface area contributed by atoms with Gasteiger partial charge in [-0.3, -0.25) is 4.79 Å². The van der Waals surface area contributed by atoms with Crippen LogP contribution in [-0.4, -0.2) is 36.1 Å². The fourth-order valence-corrected chi connectivity index (χ4v) is 1.63. The molecule has 1 aliphatic heterocycles. The predicted molar refractivity (Wildman–Crippen MR) is 54.8 cm³/mol. The summed E-state index contributed by atoms with van der Waals surface area (Å²) < 4.78 is 4.64. The fraction of sp³-hybridized carbons (Fsp3) is 0.444. The molecule has 0 saturated carbocycles. The Morgan fingerprint density at radius 2 is 2.40 bits per heavy atom. The Kier molecular flexibility index (Phi) is 2.73. The van der Waals surface area contributed by atoms with Crippen LogP contribution in [0.5, 0.6) is 0 Å². The summed E-state index contributed by atoms with van der Waals surface area (Å²) in [4.78, 5) is 20.9. The molecule has 0 amide bonds. The van der Waals surface area contributed by atoms with Crippen LogP contribution in [0.2, 0.25) is 5.28 Å². The number of aromatic nitrogens is 2. The topological polar surface area (TPSA) is 55.3 Å². The van der Waals surface area contributed by atoms with E-state index in [0.29, 0.717) is 13.1 Å². The number of halogens is 1. The van der Waals surface area contributed by atoms with E-state index in [1.807, 2.05) is 4.90 Å². The lowest BCUT2D eigenvalue weighted by molar-refractivity contribution is -0.146. The van der Waals surface area contributed by atoms with Crippen molar-refractivity contribution in [3.63, 3.8) is 0 Å². The standard InChI is InChI=1S/C9H10ClN3O2/c1-15-8(14)6-4-13(5-6)7-2-3-11-9(10)12-7/h2-3,6H,4-5H2,1H3. The molecule has 1 saturated heterocycles. The Bertz CT molecular complexity index is 379. The van der Waals surface area contributed by atoms with Crippen LogP contribution in [0.3, 0.4) is 0 Å². The molecule has 6 heteroatoms. The Morgan fingerprint density at radius 1 is 1.67 bits per heavy atom. The van der Waals surface area contributed by atoms with Crippen molar-refractivity contribution < 1.29 is 9.53 Å². The molecule has 0 radical (unpaired) electrons. The Hall–Kier alpha value is -1.36. The van der Waals surface area contributed by atoms with Crippen molar-refractivity contribution in [2.75, 3.05) is 25.1 Å². The molecule has 2 rings (SSSR count). The molecule has 80 valence electrons. The number of hydrogen-bond donors (Lipinski definition) is 0. The van der Waals surface area contributed by atoms with Gasteiger partial charge in [0.2, 0.25) is 5.28 Å². The summed E-state index contributed by atoms with van der Waals surface area (Å²) in [6.45, 7) is 1.25. The van der Waals surface area contributed by atoms with Gasteiger partial charge in [-0.05, 0) is 17.7 Å². The number of rotatable bonds is 2. The third kappa shape index (κ3) is 2.02. The number of carbonyl (C=O) groups is 1. The van der Waals surface area contributed by atoms with Crippen LogP contribution in [0.25, 0.3) is 0 Å². The van der Waals surface area contributed by atoms with Gasteiger partial charge in [0, 0.05) is 19.3 Å². The largest absolute Gasteiger partial charge is 0.469 e. The van der Waals surface area contributed by atoms with Gasteiger partial charge in [0.05, 0.1) is 13.0 Å². The first-order valence-corrected chi connectivity index (χ1v) is 4.90. The van der Waals surface area contributed by atoms with Gasteiger partial charge >= 0.3 is 5.97 Å². The number of methoxy groups -OCH3 is 1. The molecule has 15 heavy (non-hydrogen) atoms. The minimum Gasteiger partial charge on any atom is -0.469 e. The van der Waals surface area contributed by atoms with E-state index < -0.39 is 0 Å². The molecule has 1 aromatic heterocycles. The molecule has 0 atom stereocenters. The number of anilines is 1. The number of esters is 1. The Morgan fingerprint density at radius 3 is 3.00 bits per heavy atom. The smallest absolute Gasteiger partial charge is 0.312 e. The average molecular weight is 228 g/mol. The zero-order valence-electron chi connectivity index (χ0n) is 8.18. The van der Waals surface area contributed by atoms with Gasteiger partial charge in [0.15, 0.2) is 0 Å². The van der Waals surface area contributed by atoms with Crippen molar-refractivity contribution >= 4 is 23.4 Å². The Labute approximate surface area is 92.0 Å². The number of hydrogen-bond acceptors (Lipinski definition) is 5. The van der Waals surface area contributed by atoms with Crippen LogP contribution in [0, 0.1) is 5.92 Å². The SMILES string of the molecule is COC(=O)C1CN(c2ccnc(Cl)n2)C1. The van der Waals surface area contributed by atoms with Crippen molar-refractivity contribution in [3.05, 3.63) is 17.5 Å². The summed E-state index contributed by atoms with van der Waals surface area (Å²) in [5, 5.41) is 0.217. The maximum atomic E-state index is 11.1. The highest BCUT2D eigenvalue weighted by Crippen LogP contribution is 2.23.